The minimum absolute atomic E-state index is 0. The molecule has 0 spiro atoms. The average molecular weight is 1010 g/mol. The summed E-state index contributed by atoms with van der Waals surface area (Å²) < 4.78 is 19.8. The SMILES string of the molecule is C.C.C.C.C.C.C.CCC.CCC(=O)C=NCC=NC(=O)CC.CCC(=O)N1CN(C(=O)CC)CN(C(=O)CC)C1.CCOCC.CCOS(=O)CC.Cc1cccc(C)n1.Cc1nnc(C)s1. The van der Waals surface area contributed by atoms with Crippen LogP contribution in [0.3, 0.4) is 0 Å². The lowest BCUT2D eigenvalue weighted by Crippen LogP contribution is -2.59. The molecule has 0 aromatic carbocycles. The molecule has 1 fully saturated rings. The highest BCUT2D eigenvalue weighted by Gasteiger charge is 2.30. The number of hydrogen-bond donors (Lipinski definition) is 0. The third-order valence-corrected chi connectivity index (χ3v) is 8.57. The molecule has 0 N–H and O–H groups in total. The van der Waals surface area contributed by atoms with Gasteiger partial charge in [-0.1, -0.05) is 120 Å². The van der Waals surface area contributed by atoms with Crippen LogP contribution in [-0.4, -0.2) is 128 Å². The van der Waals surface area contributed by atoms with E-state index in [1.807, 2.05) is 73.6 Å². The van der Waals surface area contributed by atoms with E-state index in [9.17, 15) is 28.2 Å². The number of ether oxygens (including phenoxy) is 1. The van der Waals surface area contributed by atoms with Crippen LogP contribution < -0.4 is 0 Å². The van der Waals surface area contributed by atoms with Crippen molar-refractivity contribution < 1.29 is 37.1 Å². The van der Waals surface area contributed by atoms with Gasteiger partial charge in [0, 0.05) is 68.7 Å². The van der Waals surface area contributed by atoms with Crippen LogP contribution in [-0.2, 0) is 44.0 Å². The van der Waals surface area contributed by atoms with E-state index in [0.717, 1.165) is 34.6 Å². The quantitative estimate of drug-likeness (QED) is 0.173. The van der Waals surface area contributed by atoms with Crippen LogP contribution in [0, 0.1) is 27.7 Å². The molecule has 16 nitrogen and oxygen atoms in total. The Kier molecular flexibility index (Phi) is 83.5. The normalized spacial score (nSPS) is 10.7. The molecule has 406 valence electrons. The molecule has 0 saturated carbocycles. The summed E-state index contributed by atoms with van der Waals surface area (Å²) in [6.45, 7) is 32.0. The smallest absolute Gasteiger partial charge is 0.245 e. The average Bonchev–Trinajstić information content (AvgIpc) is 3.65. The summed E-state index contributed by atoms with van der Waals surface area (Å²) in [5.41, 5.74) is 2.18. The van der Waals surface area contributed by atoms with Crippen molar-refractivity contribution in [3.8, 4) is 0 Å². The number of carbonyl (C=O) groups excluding carboxylic acids is 5. The van der Waals surface area contributed by atoms with Crippen molar-refractivity contribution >= 4 is 64.3 Å². The van der Waals surface area contributed by atoms with Crippen LogP contribution in [0.1, 0.15) is 188 Å². The van der Waals surface area contributed by atoms with E-state index < -0.39 is 11.1 Å². The Morgan fingerprint density at radius 1 is 0.632 bits per heavy atom. The fourth-order valence-corrected chi connectivity index (χ4v) is 4.94. The number of aliphatic imine (C=N–C) groups is 2. The van der Waals surface area contributed by atoms with Crippen molar-refractivity contribution in [2.45, 2.75) is 194 Å². The second-order valence-corrected chi connectivity index (χ2v) is 15.2. The highest BCUT2D eigenvalue weighted by Crippen LogP contribution is 2.11. The van der Waals surface area contributed by atoms with Crippen molar-refractivity contribution in [3.05, 3.63) is 39.6 Å². The first-order valence-electron chi connectivity index (χ1n) is 21.1. The Morgan fingerprint density at radius 2 is 1.01 bits per heavy atom. The summed E-state index contributed by atoms with van der Waals surface area (Å²) in [4.78, 5) is 72.7. The molecular weight excluding hydrogens is 905 g/mol. The van der Waals surface area contributed by atoms with Gasteiger partial charge in [-0.3, -0.25) is 38.1 Å². The zero-order valence-corrected chi connectivity index (χ0v) is 41.6. The predicted octanol–water partition coefficient (Wildman–Crippen LogP) is 12.1. The zero-order chi connectivity index (χ0) is 47.6. The molecule has 4 amide bonds. The molecule has 1 aliphatic rings. The van der Waals surface area contributed by atoms with Crippen LogP contribution in [0.25, 0.3) is 0 Å². The van der Waals surface area contributed by atoms with Gasteiger partial charge in [0.05, 0.1) is 39.4 Å². The van der Waals surface area contributed by atoms with E-state index in [-0.39, 0.29) is 108 Å². The lowest BCUT2D eigenvalue weighted by molar-refractivity contribution is -0.158. The number of Topliss-reactive ketones (excluding diaryl/α,β-unsaturated/α-hetero) is 1. The number of pyridine rings is 1. The van der Waals surface area contributed by atoms with Crippen LogP contribution in [0.15, 0.2) is 28.2 Å². The lowest BCUT2D eigenvalue weighted by atomic mass is 10.3. The second kappa shape index (κ2) is 62.9. The van der Waals surface area contributed by atoms with Gasteiger partial charge >= 0.3 is 0 Å². The van der Waals surface area contributed by atoms with Crippen LogP contribution in [0.4, 0.5) is 0 Å². The van der Waals surface area contributed by atoms with Crippen molar-refractivity contribution in [3.63, 3.8) is 0 Å². The van der Waals surface area contributed by atoms with Crippen LogP contribution >= 0.6 is 11.3 Å². The summed E-state index contributed by atoms with van der Waals surface area (Å²) >= 11 is 0.593. The summed E-state index contributed by atoms with van der Waals surface area (Å²) in [5, 5.41) is 9.65. The summed E-state index contributed by atoms with van der Waals surface area (Å²) in [7, 11) is 0. The van der Waals surface area contributed by atoms with Gasteiger partial charge in [0.2, 0.25) is 23.6 Å². The molecule has 2 aromatic rings. The largest absolute Gasteiger partial charge is 0.382 e. The van der Waals surface area contributed by atoms with Gasteiger partial charge in [-0.05, 0) is 60.6 Å². The molecule has 1 aliphatic heterocycles. The van der Waals surface area contributed by atoms with Gasteiger partial charge in [0.15, 0.2) is 16.9 Å². The third kappa shape index (κ3) is 56.2. The summed E-state index contributed by atoms with van der Waals surface area (Å²) in [6.07, 6.45) is 5.91. The molecule has 0 aliphatic carbocycles. The van der Waals surface area contributed by atoms with Crippen LogP contribution in [0.2, 0.25) is 0 Å². The zero-order valence-electron chi connectivity index (χ0n) is 39.9. The number of nitrogens with zero attached hydrogens (tertiary/aromatic N) is 8. The number of amides is 4. The molecule has 3 rings (SSSR count). The standard InChI is InChI=1S/C12H21N3O3.C9H14N2O2.C7H9N.C4H6N2S.C4H10O2S.C4H10O.C3H8.7CH4/c1-4-10(16)13-7-14(11(17)5-2)9-15(8-13)12(18)6-3;1-3-8(12)7-10-5-6-11-9(13)4-2;1-6-4-3-5-7(2)8-6;1-3-5-6-4(2)7-3;1-3-6-7(5)4-2;1-3-5-4-2;1-3-2;;;;;;;/h4-9H2,1-3H3;6-7H,3-5H2,1-2H3;3-5H,1-2H3;1-2H3;3-4H2,1-2H3;3-4H2,1-2H3;3H2,1-2H3;7*1H4. The number of hydrogen-bond acceptors (Lipinski definition) is 13. The maximum absolute atomic E-state index is 11.7. The topological polar surface area (TPSA) is 194 Å². The molecule has 3 heterocycles. The fraction of sp³-hybridized carbons (Fsp3) is 0.720. The minimum atomic E-state index is -1.03. The first kappa shape index (κ1) is 90.3. The predicted molar refractivity (Wildman–Crippen MR) is 297 cm³/mol. The van der Waals surface area contributed by atoms with Crippen molar-refractivity contribution in [1.82, 2.24) is 29.9 Å². The van der Waals surface area contributed by atoms with E-state index in [2.05, 4.69) is 43.2 Å². The minimum Gasteiger partial charge on any atom is -0.382 e. The number of carbonyl (C=O) groups is 5. The number of ketones is 1. The van der Waals surface area contributed by atoms with Crippen LogP contribution in [0.5, 0.6) is 0 Å². The Morgan fingerprint density at radius 3 is 1.22 bits per heavy atom. The Labute approximate surface area is 425 Å². The number of rotatable bonds is 13. The van der Waals surface area contributed by atoms with Gasteiger partial charge in [-0.2, -0.15) is 0 Å². The van der Waals surface area contributed by atoms with E-state index in [0.29, 0.717) is 44.5 Å². The van der Waals surface area contributed by atoms with Crippen molar-refractivity contribution in [2.24, 2.45) is 9.98 Å². The van der Waals surface area contributed by atoms with Gasteiger partial charge in [-0.15, -0.1) is 21.5 Å². The maximum Gasteiger partial charge on any atom is 0.245 e. The first-order chi connectivity index (χ1) is 28.9. The van der Waals surface area contributed by atoms with E-state index >= 15 is 0 Å². The van der Waals surface area contributed by atoms with Crippen molar-refractivity contribution in [2.75, 3.05) is 52.1 Å². The molecular formula is C50H106N8O8S2. The van der Waals surface area contributed by atoms with Gasteiger partial charge in [-0.25, -0.2) is 9.20 Å². The molecule has 68 heavy (non-hydrogen) atoms. The lowest BCUT2D eigenvalue weighted by Gasteiger charge is -2.42. The molecule has 0 radical (unpaired) electrons. The Hall–Kier alpha value is -4.13. The summed E-state index contributed by atoms with van der Waals surface area (Å²) in [6, 6.07) is 6.00. The van der Waals surface area contributed by atoms with Gasteiger partial charge in [0.1, 0.15) is 10.0 Å². The molecule has 1 saturated heterocycles. The number of aryl methyl sites for hydroxylation is 4. The highest BCUT2D eigenvalue weighted by molar-refractivity contribution is 7.80. The van der Waals surface area contributed by atoms with E-state index in [1.165, 1.54) is 18.9 Å². The van der Waals surface area contributed by atoms with E-state index in [4.69, 9.17) is 4.74 Å². The molecule has 2 aromatic heterocycles. The van der Waals surface area contributed by atoms with Gasteiger partial charge in [0.25, 0.3) is 0 Å². The number of aromatic nitrogens is 3. The second-order valence-electron chi connectivity index (χ2n) is 12.4. The molecule has 1 unspecified atom stereocenters. The first-order valence-corrected chi connectivity index (χ1v) is 23.2. The Balaban J connectivity index is -0.0000000645. The maximum atomic E-state index is 11.7. The molecule has 1 atom stereocenters. The monoisotopic (exact) mass is 1010 g/mol. The van der Waals surface area contributed by atoms with Crippen molar-refractivity contribution in [1.29, 1.82) is 0 Å². The molecule has 0 bridgehead atoms. The Bertz CT molecular complexity index is 1420. The molecule has 18 heteroatoms. The summed E-state index contributed by atoms with van der Waals surface area (Å²) in [5.74, 6) is 0.271. The fourth-order valence-electron chi connectivity index (χ4n) is 3.92. The third-order valence-electron chi connectivity index (χ3n) is 6.85. The highest BCUT2D eigenvalue weighted by atomic mass is 32.2. The van der Waals surface area contributed by atoms with E-state index in [1.54, 1.807) is 60.7 Å². The van der Waals surface area contributed by atoms with Gasteiger partial charge < -0.3 is 19.4 Å².